The van der Waals surface area contributed by atoms with Gasteiger partial charge in [-0.25, -0.2) is 9.97 Å². The first-order valence-corrected chi connectivity index (χ1v) is 8.80. The minimum atomic E-state index is -0.0628. The van der Waals surface area contributed by atoms with Gasteiger partial charge in [-0.05, 0) is 19.4 Å². The molecule has 0 saturated heterocycles. The number of fused-ring (bicyclic) bond motifs is 1. The molecular weight excluding hydrogens is 342 g/mol. The van der Waals surface area contributed by atoms with Crippen molar-refractivity contribution in [3.05, 3.63) is 60.4 Å². The number of pyridine rings is 1. The summed E-state index contributed by atoms with van der Waals surface area (Å²) in [5.74, 6) is 1.32. The molecule has 0 fully saturated rings. The van der Waals surface area contributed by atoms with Crippen molar-refractivity contribution >= 4 is 22.6 Å². The van der Waals surface area contributed by atoms with Crippen LogP contribution in [0.15, 0.2) is 53.2 Å². The number of aromatic amines is 1. The average Bonchev–Trinajstić information content (AvgIpc) is 3.30. The molecule has 7 heteroatoms. The molecule has 4 aromatic rings. The maximum Gasteiger partial charge on any atom is 0.224 e. The Hall–Kier alpha value is -3.48. The van der Waals surface area contributed by atoms with E-state index >= 15 is 0 Å². The van der Waals surface area contributed by atoms with Crippen molar-refractivity contribution in [2.45, 2.75) is 26.2 Å². The fourth-order valence-electron chi connectivity index (χ4n) is 2.87. The van der Waals surface area contributed by atoms with Crippen LogP contribution in [0.1, 0.15) is 24.4 Å². The lowest BCUT2D eigenvalue weighted by atomic mass is 10.2. The Balaban J connectivity index is 1.30. The minimum absolute atomic E-state index is 0.0628. The van der Waals surface area contributed by atoms with Gasteiger partial charge in [0.05, 0.1) is 18.1 Å². The second kappa shape index (κ2) is 7.41. The summed E-state index contributed by atoms with van der Waals surface area (Å²) in [4.78, 5) is 20.7. The number of hydrogen-bond donors (Lipinski definition) is 2. The number of aromatic nitrogens is 4. The Bertz CT molecular complexity index is 1070. The molecule has 1 aromatic carbocycles. The van der Waals surface area contributed by atoms with Crippen LogP contribution >= 0.6 is 0 Å². The van der Waals surface area contributed by atoms with Gasteiger partial charge in [-0.15, -0.1) is 0 Å². The van der Waals surface area contributed by atoms with E-state index in [-0.39, 0.29) is 5.91 Å². The van der Waals surface area contributed by atoms with Gasteiger partial charge in [0.25, 0.3) is 0 Å². The number of aryl methyl sites for hydroxylation is 2. The molecule has 0 saturated carbocycles. The van der Waals surface area contributed by atoms with Crippen molar-refractivity contribution in [3.63, 3.8) is 0 Å². The standard InChI is InChI=1S/C20H19N5O2/c1-13-16-10-15(11-22-20(16)25-24-13)23-18(26)8-5-9-19-21-12-17(27-19)14-6-3-2-4-7-14/h2-4,6-7,10-12H,5,8-9H2,1H3,(H,23,26)(H,22,24,25). The Morgan fingerprint density at radius 2 is 2.04 bits per heavy atom. The van der Waals surface area contributed by atoms with Crippen LogP contribution in [0.25, 0.3) is 22.4 Å². The predicted octanol–water partition coefficient (Wildman–Crippen LogP) is 3.88. The van der Waals surface area contributed by atoms with Crippen molar-refractivity contribution in [1.82, 2.24) is 20.2 Å². The number of benzene rings is 1. The summed E-state index contributed by atoms with van der Waals surface area (Å²) >= 11 is 0. The summed E-state index contributed by atoms with van der Waals surface area (Å²) in [7, 11) is 0. The van der Waals surface area contributed by atoms with Gasteiger partial charge in [-0.1, -0.05) is 30.3 Å². The highest BCUT2D eigenvalue weighted by Crippen LogP contribution is 2.21. The number of H-pyrrole nitrogens is 1. The van der Waals surface area contributed by atoms with Gasteiger partial charge in [0, 0.05) is 29.5 Å². The number of oxazole rings is 1. The highest BCUT2D eigenvalue weighted by molar-refractivity contribution is 5.92. The molecule has 2 N–H and O–H groups in total. The van der Waals surface area contributed by atoms with Crippen molar-refractivity contribution in [1.29, 1.82) is 0 Å². The van der Waals surface area contributed by atoms with E-state index in [4.69, 9.17) is 4.42 Å². The van der Waals surface area contributed by atoms with Crippen LogP contribution in [-0.4, -0.2) is 26.1 Å². The topological polar surface area (TPSA) is 96.7 Å². The molecule has 3 aromatic heterocycles. The first-order valence-electron chi connectivity index (χ1n) is 8.80. The third kappa shape index (κ3) is 3.87. The first kappa shape index (κ1) is 17.0. The smallest absolute Gasteiger partial charge is 0.224 e. The molecule has 7 nitrogen and oxygen atoms in total. The maximum absolute atomic E-state index is 12.2. The molecule has 1 amide bonds. The highest BCUT2D eigenvalue weighted by Gasteiger charge is 2.09. The number of anilines is 1. The number of nitrogens with zero attached hydrogens (tertiary/aromatic N) is 3. The molecule has 27 heavy (non-hydrogen) atoms. The van der Waals surface area contributed by atoms with Crippen LogP contribution < -0.4 is 5.32 Å². The summed E-state index contributed by atoms with van der Waals surface area (Å²) in [6.45, 7) is 1.92. The van der Waals surface area contributed by atoms with Crippen molar-refractivity contribution < 1.29 is 9.21 Å². The fourth-order valence-corrected chi connectivity index (χ4v) is 2.87. The molecule has 0 bridgehead atoms. The van der Waals surface area contributed by atoms with Crippen LogP contribution in [0.2, 0.25) is 0 Å². The van der Waals surface area contributed by atoms with Gasteiger partial charge >= 0.3 is 0 Å². The Labute approximate surface area is 155 Å². The Morgan fingerprint density at radius 1 is 1.19 bits per heavy atom. The molecule has 0 aliphatic carbocycles. The quantitative estimate of drug-likeness (QED) is 0.543. The summed E-state index contributed by atoms with van der Waals surface area (Å²) in [5.41, 5.74) is 3.22. The van der Waals surface area contributed by atoms with Crippen molar-refractivity contribution in [2.75, 3.05) is 5.32 Å². The normalized spacial score (nSPS) is 11.0. The predicted molar refractivity (Wildman–Crippen MR) is 102 cm³/mol. The molecule has 0 aliphatic heterocycles. The van der Waals surface area contributed by atoms with Gasteiger partial charge in [-0.2, -0.15) is 5.10 Å². The van der Waals surface area contributed by atoms with Crippen LogP contribution in [0.4, 0.5) is 5.69 Å². The van der Waals surface area contributed by atoms with E-state index in [1.807, 2.05) is 43.3 Å². The molecule has 0 unspecified atom stereocenters. The monoisotopic (exact) mass is 361 g/mol. The van der Waals surface area contributed by atoms with Crippen molar-refractivity contribution in [2.24, 2.45) is 0 Å². The second-order valence-electron chi connectivity index (χ2n) is 6.33. The molecule has 0 radical (unpaired) electrons. The molecule has 136 valence electrons. The lowest BCUT2D eigenvalue weighted by molar-refractivity contribution is -0.116. The van der Waals surface area contributed by atoms with Crippen molar-refractivity contribution in [3.8, 4) is 11.3 Å². The highest BCUT2D eigenvalue weighted by atomic mass is 16.4. The second-order valence-corrected chi connectivity index (χ2v) is 6.33. The maximum atomic E-state index is 12.2. The van der Waals surface area contributed by atoms with Gasteiger partial charge in [0.15, 0.2) is 17.3 Å². The minimum Gasteiger partial charge on any atom is -0.441 e. The lowest BCUT2D eigenvalue weighted by Gasteiger charge is -2.04. The molecular formula is C20H19N5O2. The van der Waals surface area contributed by atoms with Crippen LogP contribution in [-0.2, 0) is 11.2 Å². The summed E-state index contributed by atoms with van der Waals surface area (Å²) in [6, 6.07) is 11.7. The van der Waals surface area contributed by atoms with Gasteiger partial charge in [-0.3, -0.25) is 9.89 Å². The van der Waals surface area contributed by atoms with Gasteiger partial charge < -0.3 is 9.73 Å². The third-order valence-electron chi connectivity index (χ3n) is 4.29. The number of amides is 1. The molecule has 0 spiro atoms. The molecule has 3 heterocycles. The SMILES string of the molecule is Cc1[nH]nc2ncc(NC(=O)CCCc3ncc(-c4ccccc4)o3)cc12. The Kier molecular flexibility index (Phi) is 4.65. The lowest BCUT2D eigenvalue weighted by Crippen LogP contribution is -2.11. The number of nitrogens with one attached hydrogen (secondary N) is 2. The summed E-state index contributed by atoms with van der Waals surface area (Å²) < 4.78 is 5.76. The van der Waals surface area contributed by atoms with E-state index in [0.717, 1.165) is 22.4 Å². The largest absolute Gasteiger partial charge is 0.441 e. The molecule has 4 rings (SSSR count). The summed E-state index contributed by atoms with van der Waals surface area (Å²) in [5, 5.41) is 10.7. The molecule has 0 aliphatic rings. The zero-order valence-electron chi connectivity index (χ0n) is 14.9. The molecule has 0 atom stereocenters. The average molecular weight is 361 g/mol. The number of carbonyl (C=O) groups excluding carboxylic acids is 1. The van der Waals surface area contributed by atoms with E-state index in [0.29, 0.717) is 36.5 Å². The number of carbonyl (C=O) groups is 1. The summed E-state index contributed by atoms with van der Waals surface area (Å²) in [6.07, 6.45) is 4.98. The Morgan fingerprint density at radius 3 is 2.89 bits per heavy atom. The van der Waals surface area contributed by atoms with E-state index < -0.39 is 0 Å². The van der Waals surface area contributed by atoms with E-state index in [9.17, 15) is 4.79 Å². The van der Waals surface area contributed by atoms with Gasteiger partial charge in [0.2, 0.25) is 5.91 Å². The van der Waals surface area contributed by atoms with E-state index in [2.05, 4.69) is 25.5 Å². The zero-order chi connectivity index (χ0) is 18.6. The number of hydrogen-bond acceptors (Lipinski definition) is 5. The van der Waals surface area contributed by atoms with Gasteiger partial charge in [0.1, 0.15) is 0 Å². The van der Waals surface area contributed by atoms with E-state index in [1.54, 1.807) is 12.4 Å². The fraction of sp³-hybridized carbons (Fsp3) is 0.200. The first-order chi connectivity index (χ1) is 13.2. The van der Waals surface area contributed by atoms with Crippen LogP contribution in [0, 0.1) is 6.92 Å². The number of rotatable bonds is 6. The third-order valence-corrected chi connectivity index (χ3v) is 4.29. The van der Waals surface area contributed by atoms with Crippen LogP contribution in [0.5, 0.6) is 0 Å². The zero-order valence-corrected chi connectivity index (χ0v) is 14.9. The van der Waals surface area contributed by atoms with Crippen LogP contribution in [0.3, 0.4) is 0 Å². The van der Waals surface area contributed by atoms with E-state index in [1.165, 1.54) is 0 Å².